The van der Waals surface area contributed by atoms with E-state index in [1.165, 1.54) is 4.68 Å². The number of fused-ring (bicyclic) bond motifs is 3. The van der Waals surface area contributed by atoms with Crippen LogP contribution < -0.4 is 20.3 Å². The molecule has 0 radical (unpaired) electrons. The lowest BCUT2D eigenvalue weighted by molar-refractivity contribution is 0.0940. The Morgan fingerprint density at radius 1 is 0.971 bits per heavy atom. The summed E-state index contributed by atoms with van der Waals surface area (Å²) in [6, 6.07) is 19.8. The number of aromatic nitrogens is 3. The van der Waals surface area contributed by atoms with E-state index in [0.29, 0.717) is 38.9 Å². The van der Waals surface area contributed by atoms with Crippen LogP contribution in [0.2, 0.25) is 0 Å². The fourth-order valence-electron chi connectivity index (χ4n) is 4.14. The summed E-state index contributed by atoms with van der Waals surface area (Å²) < 4.78 is 12.1. The number of methoxy groups -OCH3 is 2. The van der Waals surface area contributed by atoms with Gasteiger partial charge in [0, 0.05) is 17.1 Å². The fraction of sp³-hybridized carbons (Fsp3) is 0.148. The maximum absolute atomic E-state index is 13.1. The lowest BCUT2D eigenvalue weighted by Gasteiger charge is -2.17. The van der Waals surface area contributed by atoms with Crippen LogP contribution in [-0.4, -0.2) is 34.9 Å². The second-order valence-electron chi connectivity index (χ2n) is 8.18. The lowest BCUT2D eigenvalue weighted by Crippen LogP contribution is -2.26. The minimum absolute atomic E-state index is 0.197. The molecule has 1 amide bonds. The molecule has 0 aliphatic carbocycles. The van der Waals surface area contributed by atoms with E-state index in [2.05, 4.69) is 15.4 Å². The highest BCUT2D eigenvalue weighted by Gasteiger charge is 2.17. The first kappa shape index (κ1) is 22.2. The lowest BCUT2D eigenvalue weighted by atomic mass is 10.1. The number of aromatic amines is 1. The van der Waals surface area contributed by atoms with Gasteiger partial charge in [-0.1, -0.05) is 24.3 Å². The molecule has 5 aromatic rings. The Morgan fingerprint density at radius 3 is 2.49 bits per heavy atom. The second kappa shape index (κ2) is 8.98. The number of pyridine rings is 1. The van der Waals surface area contributed by atoms with Crippen LogP contribution in [0, 0.1) is 0 Å². The van der Waals surface area contributed by atoms with E-state index < -0.39 is 0 Å². The molecule has 5 rings (SSSR count). The van der Waals surface area contributed by atoms with Crippen molar-refractivity contribution in [3.63, 3.8) is 0 Å². The SMILES string of the molecule is COc1ccc([C@@H](C)NC(=O)c2ccc3ncc4c(=O)n(-c5ccccc5)[nH]c4c3c2)cc1OC. The molecule has 0 saturated carbocycles. The number of carbonyl (C=O) groups excluding carboxylic acids is 1. The third-order valence-electron chi connectivity index (χ3n) is 6.06. The van der Waals surface area contributed by atoms with E-state index in [1.54, 1.807) is 38.6 Å². The summed E-state index contributed by atoms with van der Waals surface area (Å²) in [5, 5.41) is 7.36. The maximum atomic E-state index is 13.1. The molecule has 3 aromatic carbocycles. The van der Waals surface area contributed by atoms with Gasteiger partial charge in [0.15, 0.2) is 11.5 Å². The Morgan fingerprint density at radius 2 is 1.74 bits per heavy atom. The van der Waals surface area contributed by atoms with Crippen LogP contribution in [0.5, 0.6) is 11.5 Å². The van der Waals surface area contributed by atoms with Crippen molar-refractivity contribution in [2.45, 2.75) is 13.0 Å². The average molecular weight is 469 g/mol. The van der Waals surface area contributed by atoms with Gasteiger partial charge < -0.3 is 14.8 Å². The monoisotopic (exact) mass is 468 g/mol. The van der Waals surface area contributed by atoms with Crippen LogP contribution in [0.4, 0.5) is 0 Å². The molecule has 176 valence electrons. The summed E-state index contributed by atoms with van der Waals surface area (Å²) in [7, 11) is 3.15. The van der Waals surface area contributed by atoms with E-state index >= 15 is 0 Å². The summed E-state index contributed by atoms with van der Waals surface area (Å²) in [4.78, 5) is 30.5. The van der Waals surface area contributed by atoms with Crippen molar-refractivity contribution >= 4 is 27.7 Å². The van der Waals surface area contributed by atoms with Gasteiger partial charge in [0.05, 0.1) is 42.4 Å². The average Bonchev–Trinajstić information content (AvgIpc) is 3.25. The molecule has 0 aliphatic heterocycles. The quantitative estimate of drug-likeness (QED) is 0.386. The molecule has 0 saturated heterocycles. The maximum Gasteiger partial charge on any atom is 0.280 e. The third kappa shape index (κ3) is 3.99. The highest BCUT2D eigenvalue weighted by molar-refractivity contribution is 6.06. The van der Waals surface area contributed by atoms with E-state index in [4.69, 9.17) is 9.47 Å². The van der Waals surface area contributed by atoms with Gasteiger partial charge in [0.25, 0.3) is 11.5 Å². The summed E-state index contributed by atoms with van der Waals surface area (Å²) in [6.07, 6.45) is 1.56. The smallest absolute Gasteiger partial charge is 0.280 e. The predicted octanol–water partition coefficient (Wildman–Crippen LogP) is 4.38. The molecule has 0 bridgehead atoms. The van der Waals surface area contributed by atoms with Gasteiger partial charge >= 0.3 is 0 Å². The van der Waals surface area contributed by atoms with Crippen molar-refractivity contribution in [1.82, 2.24) is 20.1 Å². The molecule has 0 spiro atoms. The second-order valence-corrected chi connectivity index (χ2v) is 8.18. The number of amides is 1. The number of H-pyrrole nitrogens is 1. The Hall–Kier alpha value is -4.59. The number of nitrogens with zero attached hydrogens (tertiary/aromatic N) is 2. The molecule has 0 unspecified atom stereocenters. The van der Waals surface area contributed by atoms with E-state index in [-0.39, 0.29) is 17.5 Å². The summed E-state index contributed by atoms with van der Waals surface area (Å²) in [6.45, 7) is 1.90. The predicted molar refractivity (Wildman–Crippen MR) is 135 cm³/mol. The Labute approximate surface area is 201 Å². The van der Waals surface area contributed by atoms with Gasteiger partial charge in [0.2, 0.25) is 0 Å². The molecular weight excluding hydrogens is 444 g/mol. The number of carbonyl (C=O) groups is 1. The zero-order chi connectivity index (χ0) is 24.5. The van der Waals surface area contributed by atoms with Crippen molar-refractivity contribution in [3.8, 4) is 17.2 Å². The van der Waals surface area contributed by atoms with Gasteiger partial charge in [-0.15, -0.1) is 0 Å². The van der Waals surface area contributed by atoms with Crippen molar-refractivity contribution in [2.24, 2.45) is 0 Å². The number of para-hydroxylation sites is 1. The minimum atomic E-state index is -0.272. The van der Waals surface area contributed by atoms with Crippen molar-refractivity contribution < 1.29 is 14.3 Å². The molecule has 8 heteroatoms. The third-order valence-corrected chi connectivity index (χ3v) is 6.06. The normalized spacial score (nSPS) is 12.0. The molecular formula is C27H24N4O4. The standard InChI is InChI=1S/C27H24N4O4/c1-16(17-10-12-23(34-2)24(14-17)35-3)29-26(32)18-9-11-22-20(13-18)25-21(15-28-22)27(33)31(30-25)19-7-5-4-6-8-19/h4-16,30H,1-3H3,(H,29,32)/t16-/m1/s1. The Bertz CT molecular complexity index is 1600. The first-order chi connectivity index (χ1) is 17.0. The number of hydrogen-bond donors (Lipinski definition) is 2. The number of rotatable bonds is 6. The van der Waals surface area contributed by atoms with Crippen LogP contribution in [0.1, 0.15) is 28.9 Å². The highest BCUT2D eigenvalue weighted by atomic mass is 16.5. The first-order valence-electron chi connectivity index (χ1n) is 11.1. The largest absolute Gasteiger partial charge is 0.493 e. The number of benzene rings is 3. The number of ether oxygens (including phenoxy) is 2. The molecule has 1 atom stereocenters. The molecule has 8 nitrogen and oxygen atoms in total. The Balaban J connectivity index is 1.49. The molecule has 0 aliphatic rings. The number of hydrogen-bond acceptors (Lipinski definition) is 5. The van der Waals surface area contributed by atoms with Crippen molar-refractivity contribution in [3.05, 3.63) is 94.4 Å². The zero-order valence-electron chi connectivity index (χ0n) is 19.5. The molecule has 35 heavy (non-hydrogen) atoms. The summed E-state index contributed by atoms with van der Waals surface area (Å²) in [5.41, 5.74) is 3.18. The highest BCUT2D eigenvalue weighted by Crippen LogP contribution is 2.30. The molecule has 2 aromatic heterocycles. The van der Waals surface area contributed by atoms with Crippen LogP contribution in [0.3, 0.4) is 0 Å². The number of nitrogens with one attached hydrogen (secondary N) is 2. The van der Waals surface area contributed by atoms with Gasteiger partial charge in [-0.25, -0.2) is 4.68 Å². The topological polar surface area (TPSA) is 98.2 Å². The van der Waals surface area contributed by atoms with E-state index in [9.17, 15) is 9.59 Å². The van der Waals surface area contributed by atoms with Crippen molar-refractivity contribution in [1.29, 1.82) is 0 Å². The summed E-state index contributed by atoms with van der Waals surface area (Å²) in [5.74, 6) is 0.977. The van der Waals surface area contributed by atoms with Gasteiger partial charge in [-0.2, -0.15) is 0 Å². The van der Waals surface area contributed by atoms with Crippen LogP contribution in [-0.2, 0) is 0 Å². The minimum Gasteiger partial charge on any atom is -0.493 e. The molecule has 2 heterocycles. The van der Waals surface area contributed by atoms with Gasteiger partial charge in [0.1, 0.15) is 0 Å². The Kier molecular flexibility index (Phi) is 5.70. The van der Waals surface area contributed by atoms with Crippen LogP contribution >= 0.6 is 0 Å². The van der Waals surface area contributed by atoms with Crippen LogP contribution in [0.25, 0.3) is 27.5 Å². The van der Waals surface area contributed by atoms with Gasteiger partial charge in [-0.05, 0) is 55.0 Å². The fourth-order valence-corrected chi connectivity index (χ4v) is 4.14. The van der Waals surface area contributed by atoms with E-state index in [1.807, 2.05) is 55.5 Å². The molecule has 0 fully saturated rings. The van der Waals surface area contributed by atoms with Crippen molar-refractivity contribution in [2.75, 3.05) is 14.2 Å². The first-order valence-corrected chi connectivity index (χ1v) is 11.1. The molecule has 2 N–H and O–H groups in total. The van der Waals surface area contributed by atoms with Crippen LogP contribution in [0.15, 0.2) is 77.7 Å². The van der Waals surface area contributed by atoms with E-state index in [0.717, 1.165) is 11.3 Å². The zero-order valence-corrected chi connectivity index (χ0v) is 19.5. The van der Waals surface area contributed by atoms with Gasteiger partial charge in [-0.3, -0.25) is 19.7 Å². The summed E-state index contributed by atoms with van der Waals surface area (Å²) >= 11 is 0.